The number of rotatable bonds is 4. The van der Waals surface area contributed by atoms with Crippen LogP contribution in [0.15, 0.2) is 48.6 Å². The van der Waals surface area contributed by atoms with Gasteiger partial charge in [0, 0.05) is 5.56 Å². The van der Waals surface area contributed by atoms with Crippen molar-refractivity contribution in [3.05, 3.63) is 54.1 Å². The summed E-state index contributed by atoms with van der Waals surface area (Å²) in [4.78, 5) is 0. The second-order valence-corrected chi connectivity index (χ2v) is 5.32. The van der Waals surface area contributed by atoms with Gasteiger partial charge < -0.3 is 10.5 Å². The number of benzene rings is 2. The zero-order valence-corrected chi connectivity index (χ0v) is 11.7. The molecular formula is C18H21NO. The highest BCUT2D eigenvalue weighted by Gasteiger charge is 2.14. The third-order valence-electron chi connectivity index (χ3n) is 3.88. The van der Waals surface area contributed by atoms with E-state index >= 15 is 0 Å². The molecule has 0 saturated carbocycles. The van der Waals surface area contributed by atoms with Crippen molar-refractivity contribution in [3.63, 3.8) is 0 Å². The molecule has 1 unspecified atom stereocenters. The molecule has 0 saturated heterocycles. The molecule has 0 aromatic heterocycles. The van der Waals surface area contributed by atoms with E-state index in [2.05, 4.69) is 48.6 Å². The fourth-order valence-electron chi connectivity index (χ4n) is 2.87. The molecular weight excluding hydrogens is 246 g/mol. The van der Waals surface area contributed by atoms with Gasteiger partial charge in [0.15, 0.2) is 0 Å². The molecule has 2 heteroatoms. The van der Waals surface area contributed by atoms with E-state index in [1.54, 1.807) is 0 Å². The Morgan fingerprint density at radius 1 is 1.15 bits per heavy atom. The fraction of sp³-hybridized carbons (Fsp3) is 0.333. The summed E-state index contributed by atoms with van der Waals surface area (Å²) in [6.07, 6.45) is 8.96. The van der Waals surface area contributed by atoms with Crippen molar-refractivity contribution in [3.8, 4) is 5.75 Å². The Bertz CT molecular complexity index is 618. The van der Waals surface area contributed by atoms with Crippen molar-refractivity contribution in [2.24, 2.45) is 5.73 Å². The molecule has 0 heterocycles. The lowest BCUT2D eigenvalue weighted by atomic mass is 10.0. The topological polar surface area (TPSA) is 35.2 Å². The third kappa shape index (κ3) is 2.70. The van der Waals surface area contributed by atoms with Crippen molar-refractivity contribution in [1.29, 1.82) is 0 Å². The lowest BCUT2D eigenvalue weighted by Gasteiger charge is -2.21. The first-order valence-electron chi connectivity index (χ1n) is 7.42. The van der Waals surface area contributed by atoms with Gasteiger partial charge in [-0.2, -0.15) is 0 Å². The highest BCUT2D eigenvalue weighted by Crippen LogP contribution is 2.30. The minimum Gasteiger partial charge on any atom is -0.486 e. The number of nitrogens with two attached hydrogens (primary N) is 1. The minimum atomic E-state index is 0.210. The van der Waals surface area contributed by atoms with E-state index < -0.39 is 0 Å². The van der Waals surface area contributed by atoms with E-state index in [4.69, 9.17) is 10.5 Å². The molecule has 20 heavy (non-hydrogen) atoms. The maximum Gasteiger partial charge on any atom is 0.124 e. The largest absolute Gasteiger partial charge is 0.486 e. The summed E-state index contributed by atoms with van der Waals surface area (Å²) in [6.45, 7) is 0.644. The average Bonchev–Trinajstić information content (AvgIpc) is 2.51. The predicted molar refractivity (Wildman–Crippen MR) is 84.1 cm³/mol. The molecule has 104 valence electrons. The normalized spacial score (nSPS) is 18.4. The van der Waals surface area contributed by atoms with Gasteiger partial charge in [-0.05, 0) is 55.1 Å². The van der Waals surface area contributed by atoms with E-state index in [1.807, 2.05) is 0 Å². The van der Waals surface area contributed by atoms with Crippen molar-refractivity contribution in [2.75, 3.05) is 6.54 Å². The smallest absolute Gasteiger partial charge is 0.124 e. The van der Waals surface area contributed by atoms with Crippen molar-refractivity contribution < 1.29 is 4.74 Å². The monoisotopic (exact) mass is 267 g/mol. The number of ether oxygens (including phenoxy) is 1. The van der Waals surface area contributed by atoms with Crippen LogP contribution in [-0.4, -0.2) is 12.6 Å². The predicted octanol–water partition coefficient (Wildman–Crippen LogP) is 3.83. The first-order valence-corrected chi connectivity index (χ1v) is 7.42. The van der Waals surface area contributed by atoms with Crippen LogP contribution in [0.25, 0.3) is 10.8 Å². The molecule has 1 atom stereocenters. The first-order chi connectivity index (χ1) is 9.88. The van der Waals surface area contributed by atoms with Gasteiger partial charge in [0.25, 0.3) is 0 Å². The molecule has 0 aliphatic heterocycles. The number of allylic oxidation sites excluding steroid dienone is 1. The van der Waals surface area contributed by atoms with E-state index in [1.165, 1.54) is 29.2 Å². The van der Waals surface area contributed by atoms with Crippen LogP contribution in [0.5, 0.6) is 5.75 Å². The molecule has 2 aromatic rings. The Morgan fingerprint density at radius 2 is 2.05 bits per heavy atom. The van der Waals surface area contributed by atoms with Crippen LogP contribution in [0.4, 0.5) is 0 Å². The zero-order chi connectivity index (χ0) is 13.8. The standard InChI is InChI=1S/C18H21NO/c19-13-12-17-16-9-5-4-6-14(16)10-11-18(17)20-15-7-2-1-3-8-15/h2,4-7,9-11,15H,1,3,8,12-13,19H2. The van der Waals surface area contributed by atoms with Gasteiger partial charge >= 0.3 is 0 Å². The van der Waals surface area contributed by atoms with Gasteiger partial charge in [0.2, 0.25) is 0 Å². The van der Waals surface area contributed by atoms with E-state index in [0.717, 1.165) is 18.6 Å². The molecule has 1 aliphatic rings. The van der Waals surface area contributed by atoms with E-state index in [9.17, 15) is 0 Å². The van der Waals surface area contributed by atoms with Crippen LogP contribution in [0.1, 0.15) is 24.8 Å². The SMILES string of the molecule is NCCc1c(OC2C=CCCC2)ccc2ccccc12. The Kier molecular flexibility index (Phi) is 4.03. The average molecular weight is 267 g/mol. The molecule has 0 spiro atoms. The summed E-state index contributed by atoms with van der Waals surface area (Å²) in [6, 6.07) is 12.7. The van der Waals surface area contributed by atoms with Crippen molar-refractivity contribution >= 4 is 10.8 Å². The van der Waals surface area contributed by atoms with Gasteiger partial charge in [-0.1, -0.05) is 36.4 Å². The summed E-state index contributed by atoms with van der Waals surface area (Å²) in [7, 11) is 0. The number of fused-ring (bicyclic) bond motifs is 1. The summed E-state index contributed by atoms with van der Waals surface area (Å²) < 4.78 is 6.20. The summed E-state index contributed by atoms with van der Waals surface area (Å²) >= 11 is 0. The lowest BCUT2D eigenvalue weighted by Crippen LogP contribution is -2.17. The quantitative estimate of drug-likeness (QED) is 0.854. The molecule has 2 aromatic carbocycles. The first kappa shape index (κ1) is 13.2. The zero-order valence-electron chi connectivity index (χ0n) is 11.7. The highest BCUT2D eigenvalue weighted by molar-refractivity contribution is 5.87. The molecule has 0 bridgehead atoms. The molecule has 1 aliphatic carbocycles. The molecule has 2 N–H and O–H groups in total. The summed E-state index contributed by atoms with van der Waals surface area (Å²) in [5.74, 6) is 0.991. The maximum atomic E-state index is 6.20. The summed E-state index contributed by atoms with van der Waals surface area (Å²) in [5, 5.41) is 2.51. The van der Waals surface area contributed by atoms with Crippen LogP contribution < -0.4 is 10.5 Å². The van der Waals surface area contributed by atoms with Crippen LogP contribution in [0.3, 0.4) is 0 Å². The Labute approximate surface area is 120 Å². The summed E-state index contributed by atoms with van der Waals surface area (Å²) in [5.41, 5.74) is 7.02. The van der Waals surface area contributed by atoms with Crippen LogP contribution in [0.2, 0.25) is 0 Å². The Balaban J connectivity index is 1.98. The third-order valence-corrected chi connectivity index (χ3v) is 3.88. The second-order valence-electron chi connectivity index (χ2n) is 5.32. The van der Waals surface area contributed by atoms with Crippen LogP contribution in [-0.2, 0) is 6.42 Å². The van der Waals surface area contributed by atoms with E-state index in [0.29, 0.717) is 6.54 Å². The van der Waals surface area contributed by atoms with Gasteiger partial charge in [-0.25, -0.2) is 0 Å². The minimum absolute atomic E-state index is 0.210. The Morgan fingerprint density at radius 3 is 2.85 bits per heavy atom. The van der Waals surface area contributed by atoms with Gasteiger partial charge in [-0.3, -0.25) is 0 Å². The molecule has 2 nitrogen and oxygen atoms in total. The van der Waals surface area contributed by atoms with Gasteiger partial charge in [0.05, 0.1) is 0 Å². The number of hydrogen-bond acceptors (Lipinski definition) is 2. The fourth-order valence-corrected chi connectivity index (χ4v) is 2.87. The van der Waals surface area contributed by atoms with Crippen molar-refractivity contribution in [1.82, 2.24) is 0 Å². The second kappa shape index (κ2) is 6.10. The van der Waals surface area contributed by atoms with Gasteiger partial charge in [0.1, 0.15) is 11.9 Å². The molecule has 0 amide bonds. The van der Waals surface area contributed by atoms with Crippen molar-refractivity contribution in [2.45, 2.75) is 31.8 Å². The molecule has 3 rings (SSSR count). The lowest BCUT2D eigenvalue weighted by molar-refractivity contribution is 0.228. The van der Waals surface area contributed by atoms with E-state index in [-0.39, 0.29) is 6.10 Å². The van der Waals surface area contributed by atoms with Gasteiger partial charge in [-0.15, -0.1) is 0 Å². The van der Waals surface area contributed by atoms with Crippen LogP contribution >= 0.6 is 0 Å². The number of hydrogen-bond donors (Lipinski definition) is 1. The molecule has 0 fully saturated rings. The molecule has 0 radical (unpaired) electrons. The maximum absolute atomic E-state index is 6.20. The highest BCUT2D eigenvalue weighted by atomic mass is 16.5. The Hall–Kier alpha value is -1.80. The van der Waals surface area contributed by atoms with Crippen LogP contribution in [0, 0.1) is 0 Å².